The van der Waals surface area contributed by atoms with Gasteiger partial charge in [0.25, 0.3) is 0 Å². The highest BCUT2D eigenvalue weighted by molar-refractivity contribution is 7.36. The van der Waals surface area contributed by atoms with Crippen molar-refractivity contribution < 1.29 is 19.0 Å². The fourth-order valence-corrected chi connectivity index (χ4v) is 2.51. The molecule has 1 heterocycles. The van der Waals surface area contributed by atoms with Crippen molar-refractivity contribution in [3.63, 3.8) is 0 Å². The summed E-state index contributed by atoms with van der Waals surface area (Å²) in [7, 11) is -2.22. The standard InChI is InChI=1S/C12H22NO4P/c14-12(13-8-4-5-9-13)17-10-6-2-1-3-7-11-18(15)16/h1-11H2. The van der Waals surface area contributed by atoms with E-state index >= 15 is 0 Å². The van der Waals surface area contributed by atoms with Crippen LogP contribution in [0.2, 0.25) is 0 Å². The van der Waals surface area contributed by atoms with E-state index in [1.54, 1.807) is 4.90 Å². The third kappa shape index (κ3) is 6.92. The van der Waals surface area contributed by atoms with E-state index in [9.17, 15) is 14.3 Å². The first-order chi connectivity index (χ1) is 8.70. The molecular formula is C12H22NO4P. The quantitative estimate of drug-likeness (QED) is 0.503. The van der Waals surface area contributed by atoms with Gasteiger partial charge in [0.15, 0.2) is 0 Å². The van der Waals surface area contributed by atoms with Crippen molar-refractivity contribution in [3.8, 4) is 0 Å². The molecule has 1 fully saturated rings. The van der Waals surface area contributed by atoms with Crippen LogP contribution in [0.1, 0.15) is 44.9 Å². The lowest BCUT2D eigenvalue weighted by Gasteiger charge is -2.14. The van der Waals surface area contributed by atoms with Crippen LogP contribution < -0.4 is 4.89 Å². The minimum Gasteiger partial charge on any atom is -0.596 e. The molecule has 104 valence electrons. The molecule has 1 unspecified atom stereocenters. The Hall–Kier alpha value is -0.670. The van der Waals surface area contributed by atoms with Crippen LogP contribution >= 0.6 is 8.03 Å². The van der Waals surface area contributed by atoms with E-state index in [1.165, 1.54) is 0 Å². The summed E-state index contributed by atoms with van der Waals surface area (Å²) in [5.74, 6) is 0. The molecule has 1 amide bonds. The Balaban J connectivity index is 1.86. The fraction of sp³-hybridized carbons (Fsp3) is 0.917. The average Bonchev–Trinajstić information content (AvgIpc) is 2.85. The van der Waals surface area contributed by atoms with Crippen LogP contribution in [0, 0.1) is 0 Å². The predicted molar refractivity (Wildman–Crippen MR) is 67.7 cm³/mol. The number of amides is 1. The number of rotatable bonds is 8. The van der Waals surface area contributed by atoms with Crippen molar-refractivity contribution >= 4 is 14.1 Å². The normalized spacial score (nSPS) is 15.8. The molecule has 0 aromatic heterocycles. The van der Waals surface area contributed by atoms with Crippen LogP contribution in [0.3, 0.4) is 0 Å². The van der Waals surface area contributed by atoms with Gasteiger partial charge >= 0.3 is 14.1 Å². The Kier molecular flexibility index (Phi) is 7.94. The Morgan fingerprint density at radius 3 is 2.39 bits per heavy atom. The molecule has 18 heavy (non-hydrogen) atoms. The topological polar surface area (TPSA) is 69.7 Å². The van der Waals surface area contributed by atoms with Crippen molar-refractivity contribution in [2.75, 3.05) is 25.9 Å². The fourth-order valence-electron chi connectivity index (χ4n) is 2.02. The zero-order valence-corrected chi connectivity index (χ0v) is 11.7. The van der Waals surface area contributed by atoms with Gasteiger partial charge in [0, 0.05) is 13.1 Å². The highest BCUT2D eigenvalue weighted by atomic mass is 31.1. The molecule has 1 saturated heterocycles. The van der Waals surface area contributed by atoms with Gasteiger partial charge in [-0.05, 0) is 32.1 Å². The number of ether oxygens (including phenoxy) is 1. The van der Waals surface area contributed by atoms with Gasteiger partial charge in [-0.2, -0.15) is 0 Å². The molecular weight excluding hydrogens is 253 g/mol. The number of carbonyl (C=O) groups is 1. The molecule has 1 aliphatic heterocycles. The molecule has 0 spiro atoms. The number of nitrogens with zero attached hydrogens (tertiary/aromatic N) is 1. The van der Waals surface area contributed by atoms with E-state index in [2.05, 4.69) is 0 Å². The first-order valence-electron chi connectivity index (χ1n) is 6.73. The predicted octanol–water partition coefficient (Wildman–Crippen LogP) is 2.27. The number of hydrogen-bond donors (Lipinski definition) is 0. The van der Waals surface area contributed by atoms with Gasteiger partial charge in [0.2, 0.25) is 0 Å². The molecule has 1 atom stereocenters. The summed E-state index contributed by atoms with van der Waals surface area (Å²) in [5.41, 5.74) is 0. The van der Waals surface area contributed by atoms with Gasteiger partial charge in [-0.3, -0.25) is 0 Å². The Bertz CT molecular complexity index is 267. The molecule has 0 bridgehead atoms. The van der Waals surface area contributed by atoms with Crippen LogP contribution in [-0.2, 0) is 9.30 Å². The second kappa shape index (κ2) is 9.29. The second-order valence-electron chi connectivity index (χ2n) is 4.63. The molecule has 0 N–H and O–H groups in total. The van der Waals surface area contributed by atoms with Gasteiger partial charge in [-0.1, -0.05) is 17.4 Å². The maximum atomic E-state index is 11.5. The summed E-state index contributed by atoms with van der Waals surface area (Å²) >= 11 is 0. The molecule has 1 rings (SSSR count). The van der Waals surface area contributed by atoms with Crippen LogP contribution in [-0.4, -0.2) is 36.9 Å². The summed E-state index contributed by atoms with van der Waals surface area (Å²) in [6.07, 6.45) is 6.80. The van der Waals surface area contributed by atoms with Crippen molar-refractivity contribution in [3.05, 3.63) is 0 Å². The van der Waals surface area contributed by atoms with E-state index in [1.807, 2.05) is 0 Å². The Morgan fingerprint density at radius 2 is 1.72 bits per heavy atom. The minimum atomic E-state index is -2.22. The minimum absolute atomic E-state index is 0.184. The van der Waals surface area contributed by atoms with Crippen LogP contribution in [0.15, 0.2) is 0 Å². The number of likely N-dealkylation sites (tertiary alicyclic amines) is 1. The van der Waals surface area contributed by atoms with E-state index in [-0.39, 0.29) is 6.09 Å². The maximum Gasteiger partial charge on any atom is 0.409 e. The summed E-state index contributed by atoms with van der Waals surface area (Å²) in [6, 6.07) is 0. The Morgan fingerprint density at radius 1 is 1.11 bits per heavy atom. The summed E-state index contributed by atoms with van der Waals surface area (Å²) in [5, 5.41) is 0. The van der Waals surface area contributed by atoms with Gasteiger partial charge in [-0.25, -0.2) is 4.79 Å². The van der Waals surface area contributed by atoms with Crippen LogP contribution in [0.25, 0.3) is 0 Å². The molecule has 0 aliphatic carbocycles. The molecule has 5 nitrogen and oxygen atoms in total. The number of unbranched alkanes of at least 4 members (excludes halogenated alkanes) is 4. The smallest absolute Gasteiger partial charge is 0.409 e. The van der Waals surface area contributed by atoms with E-state index in [4.69, 9.17) is 4.74 Å². The third-order valence-electron chi connectivity index (χ3n) is 3.07. The largest absolute Gasteiger partial charge is 0.596 e. The van der Waals surface area contributed by atoms with Crippen molar-refractivity contribution in [1.82, 2.24) is 4.90 Å². The molecule has 6 heteroatoms. The molecule has 0 radical (unpaired) electrons. The maximum absolute atomic E-state index is 11.5. The third-order valence-corrected chi connectivity index (χ3v) is 3.76. The van der Waals surface area contributed by atoms with Gasteiger partial charge in [-0.15, -0.1) is 0 Å². The van der Waals surface area contributed by atoms with Crippen molar-refractivity contribution in [2.45, 2.75) is 44.9 Å². The monoisotopic (exact) mass is 275 g/mol. The molecule has 1 aliphatic rings. The highest BCUT2D eigenvalue weighted by Gasteiger charge is 2.18. The van der Waals surface area contributed by atoms with Crippen molar-refractivity contribution in [2.24, 2.45) is 0 Å². The van der Waals surface area contributed by atoms with E-state index in [0.29, 0.717) is 12.8 Å². The molecule has 0 aromatic rings. The number of carbonyl (C=O) groups excluding carboxylic acids is 1. The zero-order valence-electron chi connectivity index (χ0n) is 10.8. The Labute approximate surface area is 109 Å². The first kappa shape index (κ1) is 15.4. The van der Waals surface area contributed by atoms with Gasteiger partial charge in [0.05, 0.1) is 6.61 Å². The number of hydrogen-bond acceptors (Lipinski definition) is 4. The SMILES string of the molecule is O=C(OCCCCCCC[P+](=O)[O-])N1CCCC1. The second-order valence-corrected chi connectivity index (χ2v) is 5.75. The van der Waals surface area contributed by atoms with E-state index in [0.717, 1.165) is 58.0 Å². The lowest BCUT2D eigenvalue weighted by Crippen LogP contribution is -2.28. The molecule has 0 saturated carbocycles. The highest BCUT2D eigenvalue weighted by Crippen LogP contribution is 2.13. The van der Waals surface area contributed by atoms with Gasteiger partial charge < -0.3 is 14.5 Å². The van der Waals surface area contributed by atoms with Gasteiger partial charge in [0.1, 0.15) is 6.16 Å². The van der Waals surface area contributed by atoms with Crippen LogP contribution in [0.4, 0.5) is 4.79 Å². The molecule has 0 aromatic carbocycles. The lowest BCUT2D eigenvalue weighted by atomic mass is 10.2. The van der Waals surface area contributed by atoms with Crippen LogP contribution in [0.5, 0.6) is 0 Å². The average molecular weight is 275 g/mol. The van der Waals surface area contributed by atoms with E-state index < -0.39 is 8.03 Å². The first-order valence-corrected chi connectivity index (χ1v) is 8.10. The summed E-state index contributed by atoms with van der Waals surface area (Å²) < 4.78 is 15.5. The summed E-state index contributed by atoms with van der Waals surface area (Å²) in [6.45, 7) is 2.13. The lowest BCUT2D eigenvalue weighted by molar-refractivity contribution is -0.164. The van der Waals surface area contributed by atoms with Crippen molar-refractivity contribution in [1.29, 1.82) is 0 Å². The zero-order chi connectivity index (χ0) is 13.2. The summed E-state index contributed by atoms with van der Waals surface area (Å²) in [4.78, 5) is 23.6.